The molecule has 1 unspecified atom stereocenters. The van der Waals surface area contributed by atoms with E-state index in [1.54, 1.807) is 24.3 Å². The fourth-order valence-corrected chi connectivity index (χ4v) is 3.20. The number of nitrogens with zero attached hydrogens (tertiary/aromatic N) is 3. The molecule has 1 aromatic carbocycles. The minimum Gasteiger partial charge on any atom is -0.491 e. The van der Waals surface area contributed by atoms with Gasteiger partial charge < -0.3 is 14.4 Å². The predicted molar refractivity (Wildman–Crippen MR) is 101 cm³/mol. The number of carbonyl (C=O) groups excluding carboxylic acids is 1. The Hall–Kier alpha value is -2.22. The first-order chi connectivity index (χ1) is 13.0. The first kappa shape index (κ1) is 19.5. The molecule has 3 rings (SSSR count). The lowest BCUT2D eigenvalue weighted by Crippen LogP contribution is -2.48. The van der Waals surface area contributed by atoms with Crippen molar-refractivity contribution >= 4 is 5.78 Å². The molecule has 1 saturated heterocycles. The third-order valence-electron chi connectivity index (χ3n) is 4.68. The lowest BCUT2D eigenvalue weighted by atomic mass is 10.1. The summed E-state index contributed by atoms with van der Waals surface area (Å²) in [6, 6.07) is 9.01. The van der Waals surface area contributed by atoms with Gasteiger partial charge in [0.05, 0.1) is 5.69 Å². The molecule has 1 atom stereocenters. The van der Waals surface area contributed by atoms with Crippen molar-refractivity contribution < 1.29 is 19.2 Å². The largest absolute Gasteiger partial charge is 0.491 e. The zero-order valence-corrected chi connectivity index (χ0v) is 15.9. The molecule has 0 bridgehead atoms. The fraction of sp³-hybridized carbons (Fsp3) is 0.500. The van der Waals surface area contributed by atoms with Gasteiger partial charge in [-0.1, -0.05) is 17.3 Å². The van der Waals surface area contributed by atoms with Crippen molar-refractivity contribution in [3.8, 4) is 5.75 Å². The van der Waals surface area contributed by atoms with Crippen LogP contribution < -0.4 is 4.74 Å². The first-order valence-corrected chi connectivity index (χ1v) is 9.28. The number of Topliss-reactive ketones (excluding diaryl/α,β-unsaturated/α-hetero) is 1. The molecule has 0 spiro atoms. The topological polar surface area (TPSA) is 79.0 Å². The Morgan fingerprint density at radius 1 is 1.26 bits per heavy atom. The Kier molecular flexibility index (Phi) is 6.60. The lowest BCUT2D eigenvalue weighted by molar-refractivity contribution is 0.0442. The molecule has 1 aromatic heterocycles. The van der Waals surface area contributed by atoms with E-state index < -0.39 is 6.10 Å². The molecule has 1 aliphatic heterocycles. The van der Waals surface area contributed by atoms with Gasteiger partial charge in [-0.15, -0.1) is 0 Å². The average Bonchev–Trinajstić information content (AvgIpc) is 3.06. The zero-order valence-electron chi connectivity index (χ0n) is 15.9. The second kappa shape index (κ2) is 9.12. The molecule has 146 valence electrons. The summed E-state index contributed by atoms with van der Waals surface area (Å²) < 4.78 is 10.8. The molecule has 2 heterocycles. The molecule has 0 aliphatic carbocycles. The summed E-state index contributed by atoms with van der Waals surface area (Å²) in [5.41, 5.74) is 1.57. The number of aliphatic hydroxyl groups is 1. The number of aryl methyl sites for hydroxylation is 1. The standard InChI is InChI=1S/C20H27N3O4/c1-15-10-18(21-27-15)12-22-6-8-23(9-7-22)13-19(25)14-26-20-5-3-4-17(11-20)16(2)24/h3-5,10-11,19,25H,6-9,12-14H2,1-2H3. The normalized spacial score (nSPS) is 17.0. The van der Waals surface area contributed by atoms with Crippen LogP contribution in [-0.4, -0.2) is 71.3 Å². The van der Waals surface area contributed by atoms with E-state index >= 15 is 0 Å². The van der Waals surface area contributed by atoms with E-state index in [2.05, 4.69) is 15.0 Å². The molecule has 7 nitrogen and oxygen atoms in total. The van der Waals surface area contributed by atoms with Gasteiger partial charge in [0, 0.05) is 50.9 Å². The molecule has 27 heavy (non-hydrogen) atoms. The van der Waals surface area contributed by atoms with E-state index in [1.165, 1.54) is 6.92 Å². The molecule has 1 N–H and O–H groups in total. The lowest BCUT2D eigenvalue weighted by Gasteiger charge is -2.35. The van der Waals surface area contributed by atoms with Crippen LogP contribution in [0.5, 0.6) is 5.75 Å². The molecule has 1 aliphatic rings. The summed E-state index contributed by atoms with van der Waals surface area (Å²) >= 11 is 0. The second-order valence-electron chi connectivity index (χ2n) is 7.05. The number of ether oxygens (including phenoxy) is 1. The molecular weight excluding hydrogens is 346 g/mol. The molecule has 0 saturated carbocycles. The SMILES string of the molecule is CC(=O)c1cccc(OCC(O)CN2CCN(Cc3cc(C)on3)CC2)c1. The van der Waals surface area contributed by atoms with Gasteiger partial charge in [-0.2, -0.15) is 0 Å². The minimum atomic E-state index is -0.573. The average molecular weight is 373 g/mol. The highest BCUT2D eigenvalue weighted by molar-refractivity contribution is 5.94. The third-order valence-corrected chi connectivity index (χ3v) is 4.68. The van der Waals surface area contributed by atoms with E-state index in [0.717, 1.165) is 44.2 Å². The highest BCUT2D eigenvalue weighted by atomic mass is 16.5. The van der Waals surface area contributed by atoms with E-state index in [4.69, 9.17) is 9.26 Å². The van der Waals surface area contributed by atoms with Crippen LogP contribution in [-0.2, 0) is 6.54 Å². The molecule has 0 radical (unpaired) electrons. The van der Waals surface area contributed by atoms with Crippen LogP contribution in [0.15, 0.2) is 34.9 Å². The Morgan fingerprint density at radius 3 is 2.67 bits per heavy atom. The molecule has 1 fully saturated rings. The Morgan fingerprint density at radius 2 is 2.00 bits per heavy atom. The van der Waals surface area contributed by atoms with Gasteiger partial charge in [0.1, 0.15) is 24.2 Å². The van der Waals surface area contributed by atoms with E-state index in [0.29, 0.717) is 17.9 Å². The fourth-order valence-electron chi connectivity index (χ4n) is 3.20. The number of piperazine rings is 1. The number of rotatable bonds is 8. The first-order valence-electron chi connectivity index (χ1n) is 9.28. The highest BCUT2D eigenvalue weighted by Gasteiger charge is 2.20. The van der Waals surface area contributed by atoms with Gasteiger partial charge in [-0.3, -0.25) is 14.6 Å². The minimum absolute atomic E-state index is 0.000324. The van der Waals surface area contributed by atoms with Crippen molar-refractivity contribution in [2.24, 2.45) is 0 Å². The summed E-state index contributed by atoms with van der Waals surface area (Å²) in [5, 5.41) is 14.3. The van der Waals surface area contributed by atoms with E-state index in [9.17, 15) is 9.90 Å². The molecular formula is C20H27N3O4. The number of hydrogen-bond donors (Lipinski definition) is 1. The van der Waals surface area contributed by atoms with Crippen LogP contribution in [0.3, 0.4) is 0 Å². The number of aliphatic hydroxyl groups excluding tert-OH is 1. The van der Waals surface area contributed by atoms with Gasteiger partial charge in [-0.05, 0) is 26.0 Å². The number of benzene rings is 1. The number of hydrogen-bond acceptors (Lipinski definition) is 7. The monoisotopic (exact) mass is 373 g/mol. The van der Waals surface area contributed by atoms with Crippen LogP contribution in [0.2, 0.25) is 0 Å². The number of β-amino-alcohol motifs (C(OH)–C–C–N with tert-alkyl or cyclic N) is 1. The maximum absolute atomic E-state index is 11.4. The van der Waals surface area contributed by atoms with Crippen LogP contribution in [0, 0.1) is 6.92 Å². The van der Waals surface area contributed by atoms with Crippen molar-refractivity contribution in [3.63, 3.8) is 0 Å². The van der Waals surface area contributed by atoms with Gasteiger partial charge >= 0.3 is 0 Å². The van der Waals surface area contributed by atoms with Crippen molar-refractivity contribution in [1.82, 2.24) is 15.0 Å². The van der Waals surface area contributed by atoms with Gasteiger partial charge in [0.25, 0.3) is 0 Å². The maximum Gasteiger partial charge on any atom is 0.159 e. The van der Waals surface area contributed by atoms with Crippen LogP contribution in [0.4, 0.5) is 0 Å². The third kappa shape index (κ3) is 5.89. The van der Waals surface area contributed by atoms with Crippen molar-refractivity contribution in [1.29, 1.82) is 0 Å². The predicted octanol–water partition coefficient (Wildman–Crippen LogP) is 1.74. The highest BCUT2D eigenvalue weighted by Crippen LogP contribution is 2.14. The van der Waals surface area contributed by atoms with E-state index in [-0.39, 0.29) is 12.4 Å². The number of aromatic nitrogens is 1. The quantitative estimate of drug-likeness (QED) is 0.706. The number of ketones is 1. The molecule has 7 heteroatoms. The Labute approximate surface area is 159 Å². The van der Waals surface area contributed by atoms with Crippen LogP contribution in [0.1, 0.15) is 28.7 Å². The van der Waals surface area contributed by atoms with Gasteiger partial charge in [-0.25, -0.2) is 0 Å². The van der Waals surface area contributed by atoms with Crippen molar-refractivity contribution in [3.05, 3.63) is 47.3 Å². The zero-order chi connectivity index (χ0) is 19.2. The van der Waals surface area contributed by atoms with Crippen LogP contribution >= 0.6 is 0 Å². The molecule has 0 amide bonds. The van der Waals surface area contributed by atoms with Crippen LogP contribution in [0.25, 0.3) is 0 Å². The summed E-state index contributed by atoms with van der Waals surface area (Å²) in [5.74, 6) is 1.44. The Balaban J connectivity index is 1.38. The number of carbonyl (C=O) groups is 1. The van der Waals surface area contributed by atoms with Crippen molar-refractivity contribution in [2.75, 3.05) is 39.3 Å². The summed E-state index contributed by atoms with van der Waals surface area (Å²) in [6.45, 7) is 8.65. The molecule has 2 aromatic rings. The summed E-state index contributed by atoms with van der Waals surface area (Å²) in [6.07, 6.45) is -0.573. The van der Waals surface area contributed by atoms with Gasteiger partial charge in [0.2, 0.25) is 0 Å². The van der Waals surface area contributed by atoms with E-state index in [1.807, 2.05) is 13.0 Å². The summed E-state index contributed by atoms with van der Waals surface area (Å²) in [7, 11) is 0. The summed E-state index contributed by atoms with van der Waals surface area (Å²) in [4.78, 5) is 16.0. The van der Waals surface area contributed by atoms with Gasteiger partial charge in [0.15, 0.2) is 5.78 Å². The second-order valence-corrected chi connectivity index (χ2v) is 7.05. The maximum atomic E-state index is 11.4. The van der Waals surface area contributed by atoms with Crippen molar-refractivity contribution in [2.45, 2.75) is 26.5 Å². The Bertz CT molecular complexity index is 753. The smallest absolute Gasteiger partial charge is 0.159 e.